The zero-order valence-electron chi connectivity index (χ0n) is 18.3. The van der Waals surface area contributed by atoms with Crippen LogP contribution in [-0.4, -0.2) is 26.8 Å². The van der Waals surface area contributed by atoms with Gasteiger partial charge in [-0.25, -0.2) is 0 Å². The molecule has 1 rings (SSSR count). The average Bonchev–Trinajstić information content (AvgIpc) is 2.70. The van der Waals surface area contributed by atoms with Crippen LogP contribution in [0.25, 0.3) is 0 Å². The smallest absolute Gasteiger partial charge is 0.331 e. The fourth-order valence-corrected chi connectivity index (χ4v) is 3.26. The molecule has 0 amide bonds. The normalized spacial score (nSPS) is 13.1. The van der Waals surface area contributed by atoms with E-state index in [-0.39, 0.29) is 24.7 Å². The SMILES string of the molecule is CCCCCCCCCC(OC)(OC)OCCc1cc(C(F)(F)F)cc(C(F)(F)F)c1. The number of hydrogen-bond donors (Lipinski definition) is 0. The van der Waals surface area contributed by atoms with Crippen molar-refractivity contribution < 1.29 is 40.6 Å². The van der Waals surface area contributed by atoms with E-state index < -0.39 is 29.5 Å². The van der Waals surface area contributed by atoms with E-state index in [1.54, 1.807) is 0 Å². The number of unbranched alkanes of at least 4 members (excludes halogenated alkanes) is 6. The van der Waals surface area contributed by atoms with Gasteiger partial charge in [-0.3, -0.25) is 0 Å². The van der Waals surface area contributed by atoms with Crippen molar-refractivity contribution in [1.82, 2.24) is 0 Å². The van der Waals surface area contributed by atoms with Gasteiger partial charge in [0.15, 0.2) is 0 Å². The zero-order chi connectivity index (χ0) is 23.5. The molecule has 0 saturated heterocycles. The lowest BCUT2D eigenvalue weighted by Gasteiger charge is -2.30. The second kappa shape index (κ2) is 12.6. The first-order valence-electron chi connectivity index (χ1n) is 10.5. The van der Waals surface area contributed by atoms with Crippen LogP contribution in [0.4, 0.5) is 26.3 Å². The van der Waals surface area contributed by atoms with Gasteiger partial charge in [-0.2, -0.15) is 26.3 Å². The van der Waals surface area contributed by atoms with Crippen molar-refractivity contribution in [1.29, 1.82) is 0 Å². The molecule has 0 N–H and O–H groups in total. The van der Waals surface area contributed by atoms with E-state index in [9.17, 15) is 26.3 Å². The maximum Gasteiger partial charge on any atom is 0.416 e. The van der Waals surface area contributed by atoms with Gasteiger partial charge in [0.2, 0.25) is 0 Å². The van der Waals surface area contributed by atoms with Gasteiger partial charge in [-0.1, -0.05) is 45.4 Å². The summed E-state index contributed by atoms with van der Waals surface area (Å²) in [5.74, 6) is -1.38. The minimum atomic E-state index is -4.88. The van der Waals surface area contributed by atoms with E-state index in [0.717, 1.165) is 25.7 Å². The Morgan fingerprint density at radius 3 is 1.65 bits per heavy atom. The second-order valence-electron chi connectivity index (χ2n) is 7.48. The van der Waals surface area contributed by atoms with E-state index in [0.29, 0.717) is 18.6 Å². The Balaban J connectivity index is 2.70. The van der Waals surface area contributed by atoms with Crippen molar-refractivity contribution in [3.8, 4) is 0 Å². The summed E-state index contributed by atoms with van der Waals surface area (Å²) >= 11 is 0. The fourth-order valence-electron chi connectivity index (χ4n) is 3.26. The molecular formula is C22H32F6O3. The summed E-state index contributed by atoms with van der Waals surface area (Å²) in [7, 11) is 2.77. The van der Waals surface area contributed by atoms with Gasteiger partial charge in [-0.15, -0.1) is 0 Å². The molecule has 0 aliphatic carbocycles. The molecule has 0 radical (unpaired) electrons. The number of methoxy groups -OCH3 is 2. The lowest BCUT2D eigenvalue weighted by atomic mass is 10.0. The molecule has 9 heteroatoms. The molecule has 0 bridgehead atoms. The summed E-state index contributed by atoms with van der Waals surface area (Å²) in [5.41, 5.74) is -2.81. The van der Waals surface area contributed by atoms with E-state index in [1.807, 2.05) is 0 Å². The van der Waals surface area contributed by atoms with Gasteiger partial charge in [-0.05, 0) is 36.6 Å². The maximum absolute atomic E-state index is 13.0. The molecule has 3 nitrogen and oxygen atoms in total. The fraction of sp³-hybridized carbons (Fsp3) is 0.727. The van der Waals surface area contributed by atoms with E-state index in [4.69, 9.17) is 14.2 Å². The summed E-state index contributed by atoms with van der Waals surface area (Å²) in [6.07, 6.45) is -2.04. The van der Waals surface area contributed by atoms with Crippen LogP contribution < -0.4 is 0 Å². The van der Waals surface area contributed by atoms with Gasteiger partial charge in [0.1, 0.15) is 0 Å². The van der Waals surface area contributed by atoms with Gasteiger partial charge in [0.05, 0.1) is 17.7 Å². The van der Waals surface area contributed by atoms with Gasteiger partial charge < -0.3 is 14.2 Å². The Morgan fingerprint density at radius 2 is 1.19 bits per heavy atom. The Bertz CT molecular complexity index is 607. The first-order valence-corrected chi connectivity index (χ1v) is 10.5. The van der Waals surface area contributed by atoms with Crippen molar-refractivity contribution in [3.05, 3.63) is 34.9 Å². The highest BCUT2D eigenvalue weighted by Gasteiger charge is 2.37. The van der Waals surface area contributed by atoms with Crippen LogP contribution in [-0.2, 0) is 33.0 Å². The quantitative estimate of drug-likeness (QED) is 0.165. The van der Waals surface area contributed by atoms with Crippen LogP contribution in [0, 0.1) is 0 Å². The van der Waals surface area contributed by atoms with Gasteiger partial charge in [0.25, 0.3) is 5.97 Å². The molecule has 180 valence electrons. The molecule has 0 aliphatic rings. The standard InChI is InChI=1S/C22H32F6O3/c1-4-5-6-7-8-9-10-12-20(29-2,30-3)31-13-11-17-14-18(21(23,24)25)16-19(15-17)22(26,27)28/h14-16H,4-13H2,1-3H3. The Hall–Kier alpha value is -1.32. The third kappa shape index (κ3) is 9.78. The topological polar surface area (TPSA) is 27.7 Å². The van der Waals surface area contributed by atoms with Crippen molar-refractivity contribution in [2.45, 2.75) is 83.0 Å². The Labute approximate surface area is 180 Å². The molecule has 0 heterocycles. The van der Waals surface area contributed by atoms with Crippen LogP contribution in [0.2, 0.25) is 0 Å². The highest BCUT2D eigenvalue weighted by Crippen LogP contribution is 2.36. The number of halogens is 6. The summed E-state index contributed by atoms with van der Waals surface area (Å²) in [5, 5.41) is 0. The summed E-state index contributed by atoms with van der Waals surface area (Å²) < 4.78 is 94.2. The van der Waals surface area contributed by atoms with E-state index >= 15 is 0 Å². The molecule has 1 aromatic carbocycles. The molecule has 0 atom stereocenters. The summed E-state index contributed by atoms with van der Waals surface area (Å²) in [4.78, 5) is 0. The highest BCUT2D eigenvalue weighted by molar-refractivity contribution is 5.33. The molecule has 0 saturated carbocycles. The molecule has 31 heavy (non-hydrogen) atoms. The minimum absolute atomic E-state index is 0.111. The van der Waals surface area contributed by atoms with Crippen molar-refractivity contribution in [2.75, 3.05) is 20.8 Å². The van der Waals surface area contributed by atoms with Gasteiger partial charge >= 0.3 is 12.4 Å². The molecule has 0 unspecified atom stereocenters. The first kappa shape index (κ1) is 27.7. The third-order valence-corrected chi connectivity index (χ3v) is 5.07. The average molecular weight is 458 g/mol. The van der Waals surface area contributed by atoms with Crippen LogP contribution in [0.1, 0.15) is 75.0 Å². The molecule has 0 fully saturated rings. The molecule has 1 aromatic rings. The zero-order valence-corrected chi connectivity index (χ0v) is 18.3. The number of benzene rings is 1. The summed E-state index contributed by atoms with van der Waals surface area (Å²) in [6.45, 7) is 1.99. The van der Waals surface area contributed by atoms with Crippen molar-refractivity contribution >= 4 is 0 Å². The minimum Gasteiger partial charge on any atom is -0.331 e. The lowest BCUT2D eigenvalue weighted by molar-refractivity contribution is -0.365. The lowest BCUT2D eigenvalue weighted by Crippen LogP contribution is -2.37. The molecule has 0 aliphatic heterocycles. The Kier molecular flexibility index (Phi) is 11.3. The van der Waals surface area contributed by atoms with Crippen molar-refractivity contribution in [2.24, 2.45) is 0 Å². The molecule has 0 aromatic heterocycles. The third-order valence-electron chi connectivity index (χ3n) is 5.07. The van der Waals surface area contributed by atoms with Crippen LogP contribution >= 0.6 is 0 Å². The maximum atomic E-state index is 13.0. The number of alkyl halides is 6. The first-order chi connectivity index (χ1) is 14.5. The predicted molar refractivity (Wildman–Crippen MR) is 105 cm³/mol. The van der Waals surface area contributed by atoms with E-state index in [2.05, 4.69) is 6.92 Å². The Morgan fingerprint density at radius 1 is 0.710 bits per heavy atom. The molecule has 0 spiro atoms. The number of rotatable bonds is 14. The second-order valence-corrected chi connectivity index (χ2v) is 7.48. The van der Waals surface area contributed by atoms with Crippen molar-refractivity contribution in [3.63, 3.8) is 0 Å². The summed E-state index contributed by atoms with van der Waals surface area (Å²) in [6, 6.07) is 1.52. The van der Waals surface area contributed by atoms with E-state index in [1.165, 1.54) is 33.5 Å². The largest absolute Gasteiger partial charge is 0.416 e. The number of hydrogen-bond acceptors (Lipinski definition) is 3. The van der Waals surface area contributed by atoms with Crippen LogP contribution in [0.5, 0.6) is 0 Å². The molecular weight excluding hydrogens is 426 g/mol. The predicted octanol–water partition coefficient (Wildman–Crippen LogP) is 7.37. The van der Waals surface area contributed by atoms with Crippen LogP contribution in [0.15, 0.2) is 18.2 Å². The van der Waals surface area contributed by atoms with Gasteiger partial charge in [0, 0.05) is 20.6 Å². The highest BCUT2D eigenvalue weighted by atomic mass is 19.4. The van der Waals surface area contributed by atoms with Crippen LogP contribution in [0.3, 0.4) is 0 Å². The monoisotopic (exact) mass is 458 g/mol. The number of ether oxygens (including phenoxy) is 3.